The summed E-state index contributed by atoms with van der Waals surface area (Å²) in [6.45, 7) is 7.43. The van der Waals surface area contributed by atoms with E-state index in [1.165, 1.54) is 29.5 Å². The van der Waals surface area contributed by atoms with Crippen LogP contribution in [0.5, 0.6) is 0 Å². The number of benzene rings is 1. The van der Waals surface area contributed by atoms with Crippen molar-refractivity contribution in [2.75, 3.05) is 33.2 Å². The first-order valence-electron chi connectivity index (χ1n) is 9.73. The van der Waals surface area contributed by atoms with Crippen LogP contribution in [0.25, 0.3) is 10.9 Å². The van der Waals surface area contributed by atoms with Crippen molar-refractivity contribution >= 4 is 28.3 Å². The van der Waals surface area contributed by atoms with E-state index in [1.54, 1.807) is 0 Å². The fourth-order valence-electron chi connectivity index (χ4n) is 4.43. The lowest BCUT2D eigenvalue weighted by Crippen LogP contribution is -2.38. The SMILES string of the molecule is CC1CCN(CC(=O)Cn2c3c(c4cc(Cl)ccc42)CN(C)CC3)CC1. The van der Waals surface area contributed by atoms with E-state index in [0.29, 0.717) is 18.9 Å². The number of hydrogen-bond donors (Lipinski definition) is 0. The highest BCUT2D eigenvalue weighted by Gasteiger charge is 2.24. The Bertz CT molecular complexity index is 820. The number of Topliss-reactive ketones (excluding diaryl/α,β-unsaturated/α-hetero) is 1. The molecular formula is C21H28ClN3O. The number of aromatic nitrogens is 1. The minimum Gasteiger partial charge on any atom is -0.337 e. The van der Waals surface area contributed by atoms with Gasteiger partial charge in [0, 0.05) is 41.1 Å². The van der Waals surface area contributed by atoms with Crippen molar-refractivity contribution in [1.82, 2.24) is 14.4 Å². The number of nitrogens with zero attached hydrogens (tertiary/aromatic N) is 3. The minimum absolute atomic E-state index is 0.313. The molecule has 26 heavy (non-hydrogen) atoms. The molecule has 5 heteroatoms. The number of hydrogen-bond acceptors (Lipinski definition) is 3. The van der Waals surface area contributed by atoms with Gasteiger partial charge in [0.15, 0.2) is 5.78 Å². The number of fused-ring (bicyclic) bond motifs is 3. The fourth-order valence-corrected chi connectivity index (χ4v) is 4.61. The Balaban J connectivity index is 1.59. The predicted octanol–water partition coefficient (Wildman–Crippen LogP) is 3.58. The number of halogens is 1. The first-order chi connectivity index (χ1) is 12.5. The largest absolute Gasteiger partial charge is 0.337 e. The number of piperidine rings is 1. The van der Waals surface area contributed by atoms with Crippen LogP contribution in [0.2, 0.25) is 5.02 Å². The molecule has 1 fully saturated rings. The van der Waals surface area contributed by atoms with Crippen LogP contribution in [-0.2, 0) is 24.3 Å². The number of likely N-dealkylation sites (tertiary alicyclic amines) is 1. The van der Waals surface area contributed by atoms with Gasteiger partial charge < -0.3 is 9.47 Å². The molecule has 0 aliphatic carbocycles. The molecule has 4 nitrogen and oxygen atoms in total. The van der Waals surface area contributed by atoms with E-state index in [9.17, 15) is 4.79 Å². The van der Waals surface area contributed by atoms with Crippen molar-refractivity contribution in [2.45, 2.75) is 39.3 Å². The molecule has 0 saturated carbocycles. The van der Waals surface area contributed by atoms with Gasteiger partial charge in [-0.25, -0.2) is 0 Å². The molecule has 1 aromatic carbocycles. The van der Waals surface area contributed by atoms with Gasteiger partial charge in [0.05, 0.1) is 13.1 Å². The molecule has 4 rings (SSSR count). The van der Waals surface area contributed by atoms with Crippen molar-refractivity contribution in [2.24, 2.45) is 5.92 Å². The number of carbonyl (C=O) groups is 1. The van der Waals surface area contributed by atoms with Gasteiger partial charge in [-0.3, -0.25) is 9.69 Å². The van der Waals surface area contributed by atoms with Crippen molar-refractivity contribution in [3.63, 3.8) is 0 Å². The van der Waals surface area contributed by atoms with Gasteiger partial charge >= 0.3 is 0 Å². The zero-order valence-electron chi connectivity index (χ0n) is 15.8. The molecule has 0 bridgehead atoms. The van der Waals surface area contributed by atoms with Crippen LogP contribution < -0.4 is 0 Å². The zero-order chi connectivity index (χ0) is 18.3. The van der Waals surface area contributed by atoms with E-state index >= 15 is 0 Å². The minimum atomic E-state index is 0.313. The van der Waals surface area contributed by atoms with Crippen LogP contribution >= 0.6 is 11.6 Å². The van der Waals surface area contributed by atoms with Gasteiger partial charge in [0.1, 0.15) is 0 Å². The molecule has 0 radical (unpaired) electrons. The molecule has 140 valence electrons. The maximum absolute atomic E-state index is 12.8. The summed E-state index contributed by atoms with van der Waals surface area (Å²) in [5.41, 5.74) is 3.81. The smallest absolute Gasteiger partial charge is 0.166 e. The Morgan fingerprint density at radius 3 is 2.73 bits per heavy atom. The van der Waals surface area contributed by atoms with Crippen molar-refractivity contribution in [3.05, 3.63) is 34.5 Å². The Kier molecular flexibility index (Phi) is 5.09. The Labute approximate surface area is 160 Å². The van der Waals surface area contributed by atoms with Crippen molar-refractivity contribution in [1.29, 1.82) is 0 Å². The topological polar surface area (TPSA) is 28.5 Å². The molecule has 1 aromatic heterocycles. The van der Waals surface area contributed by atoms with Crippen molar-refractivity contribution in [3.8, 4) is 0 Å². The summed E-state index contributed by atoms with van der Waals surface area (Å²) in [6, 6.07) is 6.07. The molecule has 1 saturated heterocycles. The highest BCUT2D eigenvalue weighted by Crippen LogP contribution is 2.32. The van der Waals surface area contributed by atoms with E-state index < -0.39 is 0 Å². The van der Waals surface area contributed by atoms with E-state index in [1.807, 2.05) is 6.07 Å². The third kappa shape index (κ3) is 3.55. The molecule has 2 aliphatic heterocycles. The molecule has 2 aliphatic rings. The van der Waals surface area contributed by atoms with Gasteiger partial charge in [0.2, 0.25) is 0 Å². The lowest BCUT2D eigenvalue weighted by Gasteiger charge is -2.29. The number of ketones is 1. The van der Waals surface area contributed by atoms with E-state index in [4.69, 9.17) is 11.6 Å². The van der Waals surface area contributed by atoms with Gasteiger partial charge in [-0.05, 0) is 62.7 Å². The standard InChI is InChI=1S/C21H28ClN3O/c1-15-5-9-24(10-6-15)12-17(26)13-25-20-4-3-16(22)11-18(20)19-14-23(2)8-7-21(19)25/h3-4,11,15H,5-10,12-14H2,1-2H3. The molecule has 0 N–H and O–H groups in total. The summed E-state index contributed by atoms with van der Waals surface area (Å²) in [5, 5.41) is 1.97. The summed E-state index contributed by atoms with van der Waals surface area (Å²) >= 11 is 6.26. The van der Waals surface area contributed by atoms with Crippen molar-refractivity contribution < 1.29 is 4.79 Å². The molecule has 0 spiro atoms. The average Bonchev–Trinajstić information content (AvgIpc) is 2.89. The predicted molar refractivity (Wildman–Crippen MR) is 107 cm³/mol. The van der Waals surface area contributed by atoms with Gasteiger partial charge in [0.25, 0.3) is 0 Å². The highest BCUT2D eigenvalue weighted by molar-refractivity contribution is 6.31. The number of carbonyl (C=O) groups excluding carboxylic acids is 1. The molecule has 0 unspecified atom stereocenters. The van der Waals surface area contributed by atoms with Crippen LogP contribution in [0.1, 0.15) is 31.0 Å². The summed E-state index contributed by atoms with van der Waals surface area (Å²) in [5.74, 6) is 1.11. The third-order valence-corrected chi connectivity index (χ3v) is 6.25. The Hall–Kier alpha value is -1.36. The molecule has 0 atom stereocenters. The third-order valence-electron chi connectivity index (χ3n) is 6.02. The summed E-state index contributed by atoms with van der Waals surface area (Å²) < 4.78 is 2.25. The van der Waals surface area contributed by atoms with Gasteiger partial charge in [-0.1, -0.05) is 18.5 Å². The second-order valence-corrected chi connectivity index (χ2v) is 8.59. The van der Waals surface area contributed by atoms with E-state index in [0.717, 1.165) is 49.1 Å². The first-order valence-corrected chi connectivity index (χ1v) is 10.1. The normalized spacial score (nSPS) is 19.8. The number of likely N-dealkylation sites (N-methyl/N-ethyl adjacent to an activating group) is 1. The average molecular weight is 374 g/mol. The first kappa shape index (κ1) is 18.0. The molecule has 0 amide bonds. The summed E-state index contributed by atoms with van der Waals surface area (Å²) in [7, 11) is 2.15. The van der Waals surface area contributed by atoms with Gasteiger partial charge in [-0.2, -0.15) is 0 Å². The second kappa shape index (κ2) is 7.34. The Morgan fingerprint density at radius 2 is 1.96 bits per heavy atom. The monoisotopic (exact) mass is 373 g/mol. The van der Waals surface area contributed by atoms with E-state index in [-0.39, 0.29) is 0 Å². The summed E-state index contributed by atoms with van der Waals surface area (Å²) in [6.07, 6.45) is 3.41. The van der Waals surface area contributed by atoms with Gasteiger partial charge in [-0.15, -0.1) is 0 Å². The lowest BCUT2D eigenvalue weighted by molar-refractivity contribution is -0.121. The fraction of sp³-hybridized carbons (Fsp3) is 0.571. The highest BCUT2D eigenvalue weighted by atomic mass is 35.5. The molecule has 2 aromatic rings. The molecular weight excluding hydrogens is 346 g/mol. The molecule has 3 heterocycles. The van der Waals surface area contributed by atoms with Crippen LogP contribution in [0.3, 0.4) is 0 Å². The Morgan fingerprint density at radius 1 is 1.19 bits per heavy atom. The number of rotatable bonds is 4. The summed E-state index contributed by atoms with van der Waals surface area (Å²) in [4.78, 5) is 17.5. The second-order valence-electron chi connectivity index (χ2n) is 8.16. The van der Waals surface area contributed by atoms with Crippen LogP contribution in [-0.4, -0.2) is 53.4 Å². The van der Waals surface area contributed by atoms with Crippen LogP contribution in [0.15, 0.2) is 18.2 Å². The van der Waals surface area contributed by atoms with Crippen LogP contribution in [0, 0.1) is 5.92 Å². The quantitative estimate of drug-likeness (QED) is 0.820. The lowest BCUT2D eigenvalue weighted by atomic mass is 9.99. The van der Waals surface area contributed by atoms with Crippen LogP contribution in [0.4, 0.5) is 0 Å². The zero-order valence-corrected chi connectivity index (χ0v) is 16.6. The maximum atomic E-state index is 12.8. The van der Waals surface area contributed by atoms with E-state index in [2.05, 4.69) is 40.5 Å². The maximum Gasteiger partial charge on any atom is 0.166 e.